The molecule has 0 fully saturated rings. The molecule has 0 spiro atoms. The molecule has 0 aliphatic heterocycles. The molecular formula is C15H15ClF3N3O3S. The lowest BCUT2D eigenvalue weighted by atomic mass is 10.2. The molecular weight excluding hydrogens is 395 g/mol. The summed E-state index contributed by atoms with van der Waals surface area (Å²) in [6, 6.07) is 5.23. The molecule has 0 saturated carbocycles. The Morgan fingerprint density at radius 2 is 1.65 bits per heavy atom. The predicted octanol–water partition coefficient (Wildman–Crippen LogP) is 2.01. The molecule has 0 radical (unpaired) electrons. The number of rotatable bonds is 6. The molecule has 1 amide bonds. The summed E-state index contributed by atoms with van der Waals surface area (Å²) < 4.78 is 66.1. The van der Waals surface area contributed by atoms with Crippen molar-refractivity contribution in [3.63, 3.8) is 0 Å². The topological polar surface area (TPSA) is 101 Å². The van der Waals surface area contributed by atoms with Gasteiger partial charge in [-0.1, -0.05) is 0 Å². The van der Waals surface area contributed by atoms with Crippen LogP contribution in [0.2, 0.25) is 0 Å². The van der Waals surface area contributed by atoms with Gasteiger partial charge in [0.2, 0.25) is 10.0 Å². The van der Waals surface area contributed by atoms with Crippen LogP contribution in [0.25, 0.3) is 0 Å². The number of carbonyl (C=O) groups is 1. The zero-order valence-electron chi connectivity index (χ0n) is 13.1. The molecule has 2 rings (SSSR count). The van der Waals surface area contributed by atoms with Gasteiger partial charge in [0, 0.05) is 24.8 Å². The van der Waals surface area contributed by atoms with Crippen LogP contribution < -0.4 is 15.8 Å². The molecule has 6 nitrogen and oxygen atoms in total. The number of hydrogen-bond acceptors (Lipinski definition) is 4. The van der Waals surface area contributed by atoms with Gasteiger partial charge in [0.1, 0.15) is 5.82 Å². The lowest BCUT2D eigenvalue weighted by Crippen LogP contribution is -2.29. The molecule has 0 aliphatic rings. The van der Waals surface area contributed by atoms with Gasteiger partial charge < -0.3 is 11.1 Å². The standard InChI is InChI=1S/C15H14F3N3O3S.ClH/c16-12-4-2-10(25(23,24)20-6-5-19)8-11(12)15(22)21-9-1-3-13(17)14(18)7-9;/h1-4,7-8,20H,5-6,19H2,(H,21,22);1H. The van der Waals surface area contributed by atoms with Gasteiger partial charge in [0.15, 0.2) is 11.6 Å². The molecule has 26 heavy (non-hydrogen) atoms. The molecule has 2 aromatic carbocycles. The molecule has 2 aromatic rings. The molecule has 0 atom stereocenters. The molecule has 0 aliphatic carbocycles. The summed E-state index contributed by atoms with van der Waals surface area (Å²) in [6.07, 6.45) is 0. The Morgan fingerprint density at radius 3 is 2.27 bits per heavy atom. The minimum atomic E-state index is -3.97. The van der Waals surface area contributed by atoms with Crippen LogP contribution in [0.4, 0.5) is 18.9 Å². The van der Waals surface area contributed by atoms with Crippen LogP contribution in [0, 0.1) is 17.5 Å². The lowest BCUT2D eigenvalue weighted by Gasteiger charge is -2.10. The number of nitrogens with one attached hydrogen (secondary N) is 2. The third kappa shape index (κ3) is 5.18. The highest BCUT2D eigenvalue weighted by atomic mass is 35.5. The van der Waals surface area contributed by atoms with Crippen LogP contribution in [0.1, 0.15) is 10.4 Å². The molecule has 0 heterocycles. The number of benzene rings is 2. The summed E-state index contributed by atoms with van der Waals surface area (Å²) in [5, 5.41) is 2.17. The fourth-order valence-corrected chi connectivity index (χ4v) is 2.97. The Bertz CT molecular complexity index is 910. The first kappa shape index (κ1) is 21.9. The van der Waals surface area contributed by atoms with E-state index in [1.165, 1.54) is 0 Å². The Kier molecular flexibility index (Phi) is 7.57. The summed E-state index contributed by atoms with van der Waals surface area (Å²) in [5.41, 5.74) is 4.53. The highest BCUT2D eigenvalue weighted by Crippen LogP contribution is 2.18. The number of anilines is 1. The highest BCUT2D eigenvalue weighted by molar-refractivity contribution is 7.89. The molecule has 11 heteroatoms. The lowest BCUT2D eigenvalue weighted by molar-refractivity contribution is 0.102. The number of sulfonamides is 1. The average Bonchev–Trinajstić information content (AvgIpc) is 2.56. The van der Waals surface area contributed by atoms with Gasteiger partial charge in [0.05, 0.1) is 10.5 Å². The third-order valence-electron chi connectivity index (χ3n) is 3.11. The first-order valence-corrected chi connectivity index (χ1v) is 8.48. The number of amides is 1. The van der Waals surface area contributed by atoms with Crippen LogP contribution in [-0.4, -0.2) is 27.4 Å². The van der Waals surface area contributed by atoms with Gasteiger partial charge in [-0.2, -0.15) is 0 Å². The normalized spacial score (nSPS) is 10.9. The molecule has 4 N–H and O–H groups in total. The molecule has 0 aromatic heterocycles. The van der Waals surface area contributed by atoms with Gasteiger partial charge in [0.25, 0.3) is 5.91 Å². The molecule has 142 valence electrons. The molecule has 0 saturated heterocycles. The van der Waals surface area contributed by atoms with Crippen molar-refractivity contribution in [3.05, 3.63) is 59.4 Å². The minimum Gasteiger partial charge on any atom is -0.329 e. The van der Waals surface area contributed by atoms with Gasteiger partial charge in [-0.05, 0) is 30.3 Å². The van der Waals surface area contributed by atoms with Crippen LogP contribution in [0.5, 0.6) is 0 Å². The van der Waals surface area contributed by atoms with E-state index >= 15 is 0 Å². The largest absolute Gasteiger partial charge is 0.329 e. The Balaban J connectivity index is 0.00000338. The highest BCUT2D eigenvalue weighted by Gasteiger charge is 2.19. The van der Waals surface area contributed by atoms with Crippen LogP contribution in [-0.2, 0) is 10.0 Å². The second-order valence-electron chi connectivity index (χ2n) is 4.91. The van der Waals surface area contributed by atoms with E-state index in [1.54, 1.807) is 0 Å². The Labute approximate surface area is 154 Å². The van der Waals surface area contributed by atoms with Crippen LogP contribution in [0.15, 0.2) is 41.3 Å². The van der Waals surface area contributed by atoms with E-state index in [0.717, 1.165) is 30.3 Å². The van der Waals surface area contributed by atoms with Crippen molar-refractivity contribution >= 4 is 34.0 Å². The average molecular weight is 410 g/mol. The number of halogens is 4. The van der Waals surface area contributed by atoms with E-state index in [4.69, 9.17) is 5.73 Å². The number of hydrogen-bond donors (Lipinski definition) is 3. The Morgan fingerprint density at radius 1 is 1.00 bits per heavy atom. The zero-order chi connectivity index (χ0) is 18.6. The van der Waals surface area contributed by atoms with Crippen molar-refractivity contribution in [1.29, 1.82) is 0 Å². The zero-order valence-corrected chi connectivity index (χ0v) is 14.8. The summed E-state index contributed by atoms with van der Waals surface area (Å²) >= 11 is 0. The maximum Gasteiger partial charge on any atom is 0.258 e. The van der Waals surface area contributed by atoms with Crippen molar-refractivity contribution < 1.29 is 26.4 Å². The van der Waals surface area contributed by atoms with E-state index in [9.17, 15) is 26.4 Å². The smallest absolute Gasteiger partial charge is 0.258 e. The second-order valence-corrected chi connectivity index (χ2v) is 6.68. The fraction of sp³-hybridized carbons (Fsp3) is 0.133. The first-order valence-electron chi connectivity index (χ1n) is 7.00. The summed E-state index contributed by atoms with van der Waals surface area (Å²) in [6.45, 7) is 0.0278. The third-order valence-corrected chi connectivity index (χ3v) is 4.57. The Hall–Kier alpha value is -2.14. The van der Waals surface area contributed by atoms with Gasteiger partial charge in [-0.3, -0.25) is 4.79 Å². The van der Waals surface area contributed by atoms with Crippen molar-refractivity contribution in [3.8, 4) is 0 Å². The van der Waals surface area contributed by atoms with Gasteiger partial charge >= 0.3 is 0 Å². The predicted molar refractivity (Wildman–Crippen MR) is 92.2 cm³/mol. The maximum atomic E-state index is 13.9. The number of carbonyl (C=O) groups excluding carboxylic acids is 1. The van der Waals surface area contributed by atoms with E-state index in [1.807, 2.05) is 0 Å². The monoisotopic (exact) mass is 409 g/mol. The number of nitrogens with two attached hydrogens (primary N) is 1. The van der Waals surface area contributed by atoms with Gasteiger partial charge in [-0.15, -0.1) is 12.4 Å². The summed E-state index contributed by atoms with van der Waals surface area (Å²) in [4.78, 5) is 11.8. The second kappa shape index (κ2) is 8.99. The van der Waals surface area contributed by atoms with Crippen molar-refractivity contribution in [2.75, 3.05) is 18.4 Å². The summed E-state index contributed by atoms with van der Waals surface area (Å²) in [7, 11) is -3.97. The van der Waals surface area contributed by atoms with E-state index in [-0.39, 0.29) is 36.1 Å². The fourth-order valence-electron chi connectivity index (χ4n) is 1.89. The maximum absolute atomic E-state index is 13.9. The van der Waals surface area contributed by atoms with Crippen LogP contribution >= 0.6 is 12.4 Å². The SMILES string of the molecule is Cl.NCCNS(=O)(=O)c1ccc(F)c(C(=O)Nc2ccc(F)c(F)c2)c1. The van der Waals surface area contributed by atoms with E-state index in [0.29, 0.717) is 6.07 Å². The molecule has 0 bridgehead atoms. The van der Waals surface area contributed by atoms with Crippen molar-refractivity contribution in [2.45, 2.75) is 4.90 Å². The van der Waals surface area contributed by atoms with E-state index < -0.39 is 38.9 Å². The quantitative estimate of drug-likeness (QED) is 0.679. The van der Waals surface area contributed by atoms with E-state index in [2.05, 4.69) is 10.0 Å². The first-order chi connectivity index (χ1) is 11.7. The van der Waals surface area contributed by atoms with Gasteiger partial charge in [-0.25, -0.2) is 26.3 Å². The summed E-state index contributed by atoms with van der Waals surface area (Å²) in [5.74, 6) is -4.29. The minimum absolute atomic E-state index is 0. The van der Waals surface area contributed by atoms with Crippen molar-refractivity contribution in [1.82, 2.24) is 4.72 Å². The van der Waals surface area contributed by atoms with Crippen molar-refractivity contribution in [2.24, 2.45) is 5.73 Å². The molecule has 0 unspecified atom stereocenters. The van der Waals surface area contributed by atoms with Crippen LogP contribution in [0.3, 0.4) is 0 Å².